The van der Waals surface area contributed by atoms with Gasteiger partial charge in [-0.2, -0.15) is 0 Å². The zero-order chi connectivity index (χ0) is 18.9. The lowest BCUT2D eigenvalue weighted by Crippen LogP contribution is -2.18. The fourth-order valence-corrected chi connectivity index (χ4v) is 5.00. The van der Waals surface area contributed by atoms with Crippen LogP contribution < -0.4 is 5.73 Å². The normalized spacial score (nSPS) is 21.8. The number of aliphatic hydroxyl groups is 1. The zero-order valence-electron chi connectivity index (χ0n) is 17.0. The van der Waals surface area contributed by atoms with Gasteiger partial charge in [0, 0.05) is 19.8 Å². The van der Waals surface area contributed by atoms with Crippen LogP contribution in [0.4, 0.5) is 0 Å². The Morgan fingerprint density at radius 1 is 1.00 bits per heavy atom. The molecule has 0 unspecified atom stereocenters. The van der Waals surface area contributed by atoms with Gasteiger partial charge in [-0.25, -0.2) is 0 Å². The third-order valence-electron chi connectivity index (χ3n) is 6.84. The molecule has 2 atom stereocenters. The number of fused-ring (bicyclic) bond motifs is 1. The van der Waals surface area contributed by atoms with Crippen LogP contribution in [-0.2, 0) is 17.6 Å². The molecule has 0 bridgehead atoms. The lowest BCUT2D eigenvalue weighted by molar-refractivity contribution is 0.0627. The fourth-order valence-electron chi connectivity index (χ4n) is 5.00. The second-order valence-corrected chi connectivity index (χ2v) is 8.78. The highest BCUT2D eigenvalue weighted by atomic mass is 16.5. The molecule has 0 saturated carbocycles. The molecule has 0 spiro atoms. The van der Waals surface area contributed by atoms with E-state index in [9.17, 15) is 0 Å². The van der Waals surface area contributed by atoms with Gasteiger partial charge in [-0.1, -0.05) is 43.9 Å². The molecular weight excluding hydrogens is 334 g/mol. The first-order valence-electron chi connectivity index (χ1n) is 11.3. The van der Waals surface area contributed by atoms with E-state index in [1.807, 2.05) is 0 Å². The minimum atomic E-state index is 0.289. The van der Waals surface area contributed by atoms with Crippen LogP contribution in [0, 0.1) is 11.8 Å². The standard InChI is InChI=1S/C24H39NO2/c25-18-24(6-1-2-13-26)23-10-9-21-16-20(7-8-22(21)17-23)5-3-4-19-11-14-27-15-12-19/h9-10,17,19-20,24,26H,1-8,11-16,18,25H2/t20-,24+/m1/s1. The van der Waals surface area contributed by atoms with Crippen molar-refractivity contribution in [3.8, 4) is 0 Å². The highest BCUT2D eigenvalue weighted by Gasteiger charge is 2.21. The van der Waals surface area contributed by atoms with Crippen LogP contribution in [0.1, 0.15) is 80.4 Å². The summed E-state index contributed by atoms with van der Waals surface area (Å²) in [6.45, 7) is 2.96. The number of aryl methyl sites for hydroxylation is 1. The zero-order valence-corrected chi connectivity index (χ0v) is 17.0. The maximum atomic E-state index is 9.00. The van der Waals surface area contributed by atoms with Crippen molar-refractivity contribution in [1.29, 1.82) is 0 Å². The number of hydrogen-bond donors (Lipinski definition) is 2. The summed E-state index contributed by atoms with van der Waals surface area (Å²) in [4.78, 5) is 0. The van der Waals surface area contributed by atoms with Crippen LogP contribution in [0.2, 0.25) is 0 Å². The molecule has 3 N–H and O–H groups in total. The van der Waals surface area contributed by atoms with Crippen molar-refractivity contribution in [3.05, 3.63) is 34.9 Å². The van der Waals surface area contributed by atoms with Gasteiger partial charge in [0.2, 0.25) is 0 Å². The number of unbranched alkanes of at least 4 members (excludes halogenated alkanes) is 1. The molecule has 1 aromatic rings. The van der Waals surface area contributed by atoms with Crippen molar-refractivity contribution in [2.45, 2.75) is 76.5 Å². The quantitative estimate of drug-likeness (QED) is 0.590. The van der Waals surface area contributed by atoms with Crippen LogP contribution >= 0.6 is 0 Å². The Morgan fingerprint density at radius 2 is 1.81 bits per heavy atom. The Labute approximate surface area is 165 Å². The van der Waals surface area contributed by atoms with E-state index in [4.69, 9.17) is 15.6 Å². The van der Waals surface area contributed by atoms with E-state index in [-0.39, 0.29) is 6.61 Å². The van der Waals surface area contributed by atoms with Gasteiger partial charge in [0.1, 0.15) is 0 Å². The second-order valence-electron chi connectivity index (χ2n) is 8.78. The van der Waals surface area contributed by atoms with Crippen molar-refractivity contribution in [2.75, 3.05) is 26.4 Å². The predicted molar refractivity (Wildman–Crippen MR) is 112 cm³/mol. The molecule has 1 saturated heterocycles. The summed E-state index contributed by atoms with van der Waals surface area (Å²) in [5, 5.41) is 9.00. The first-order valence-corrected chi connectivity index (χ1v) is 11.3. The van der Waals surface area contributed by atoms with E-state index in [0.717, 1.165) is 44.3 Å². The molecule has 1 aromatic carbocycles. The van der Waals surface area contributed by atoms with Crippen molar-refractivity contribution in [2.24, 2.45) is 17.6 Å². The van der Waals surface area contributed by atoms with Crippen molar-refractivity contribution >= 4 is 0 Å². The van der Waals surface area contributed by atoms with Gasteiger partial charge in [0.05, 0.1) is 0 Å². The smallest absolute Gasteiger partial charge is 0.0468 e. The third-order valence-corrected chi connectivity index (χ3v) is 6.84. The minimum absolute atomic E-state index is 0.289. The third kappa shape index (κ3) is 6.30. The van der Waals surface area contributed by atoms with Gasteiger partial charge in [-0.05, 0) is 85.9 Å². The number of aliphatic hydroxyl groups excluding tert-OH is 1. The second kappa shape index (κ2) is 11.2. The van der Waals surface area contributed by atoms with E-state index in [1.54, 1.807) is 11.1 Å². The van der Waals surface area contributed by atoms with Gasteiger partial charge in [0.25, 0.3) is 0 Å². The van der Waals surface area contributed by atoms with Crippen LogP contribution in [0.15, 0.2) is 18.2 Å². The summed E-state index contributed by atoms with van der Waals surface area (Å²) < 4.78 is 5.48. The Kier molecular flexibility index (Phi) is 8.63. The Hall–Kier alpha value is -0.900. The minimum Gasteiger partial charge on any atom is -0.396 e. The van der Waals surface area contributed by atoms with Crippen LogP contribution in [0.25, 0.3) is 0 Å². The largest absolute Gasteiger partial charge is 0.396 e. The number of nitrogens with two attached hydrogens (primary N) is 1. The van der Waals surface area contributed by atoms with Gasteiger partial charge < -0.3 is 15.6 Å². The molecule has 1 aliphatic heterocycles. The predicted octanol–water partition coefficient (Wildman–Crippen LogP) is 4.59. The summed E-state index contributed by atoms with van der Waals surface area (Å²) >= 11 is 0. The molecule has 3 heteroatoms. The average molecular weight is 374 g/mol. The van der Waals surface area contributed by atoms with E-state index >= 15 is 0 Å². The molecule has 3 rings (SSSR count). The van der Waals surface area contributed by atoms with Crippen molar-refractivity contribution in [1.82, 2.24) is 0 Å². The lowest BCUT2D eigenvalue weighted by Gasteiger charge is -2.27. The lowest BCUT2D eigenvalue weighted by atomic mass is 9.79. The Morgan fingerprint density at radius 3 is 2.59 bits per heavy atom. The molecule has 152 valence electrons. The first kappa shape index (κ1) is 20.8. The average Bonchev–Trinajstić information content (AvgIpc) is 2.72. The van der Waals surface area contributed by atoms with Crippen molar-refractivity contribution < 1.29 is 9.84 Å². The summed E-state index contributed by atoms with van der Waals surface area (Å²) in [6, 6.07) is 7.13. The number of hydrogen-bond acceptors (Lipinski definition) is 3. The van der Waals surface area contributed by atoms with Crippen LogP contribution in [-0.4, -0.2) is 31.5 Å². The molecule has 2 aliphatic rings. The van der Waals surface area contributed by atoms with E-state index in [2.05, 4.69) is 18.2 Å². The summed E-state index contributed by atoms with van der Waals surface area (Å²) in [5.74, 6) is 2.23. The molecule has 3 nitrogen and oxygen atoms in total. The first-order chi connectivity index (χ1) is 13.3. The highest BCUT2D eigenvalue weighted by Crippen LogP contribution is 2.33. The fraction of sp³-hybridized carbons (Fsp3) is 0.750. The summed E-state index contributed by atoms with van der Waals surface area (Å²) in [5.41, 5.74) is 10.6. The van der Waals surface area contributed by atoms with E-state index in [0.29, 0.717) is 12.5 Å². The molecular formula is C24H39NO2. The number of rotatable bonds is 10. The van der Waals surface area contributed by atoms with Crippen molar-refractivity contribution in [3.63, 3.8) is 0 Å². The van der Waals surface area contributed by atoms with Crippen LogP contribution in [0.3, 0.4) is 0 Å². The van der Waals surface area contributed by atoms with Gasteiger partial charge in [0.15, 0.2) is 0 Å². The Balaban J connectivity index is 1.47. The summed E-state index contributed by atoms with van der Waals surface area (Å²) in [7, 11) is 0. The monoisotopic (exact) mass is 373 g/mol. The SMILES string of the molecule is NC[C@H](CCCCO)c1ccc2c(c1)CC[C@@H](CCCC1CCOCC1)C2. The molecule has 27 heavy (non-hydrogen) atoms. The maximum absolute atomic E-state index is 9.00. The molecule has 1 fully saturated rings. The molecule has 0 aromatic heterocycles. The van der Waals surface area contributed by atoms with E-state index < -0.39 is 0 Å². The number of benzene rings is 1. The molecule has 0 radical (unpaired) electrons. The Bertz CT molecular complexity index is 553. The van der Waals surface area contributed by atoms with Gasteiger partial charge in [-0.3, -0.25) is 0 Å². The topological polar surface area (TPSA) is 55.5 Å². The maximum Gasteiger partial charge on any atom is 0.0468 e. The van der Waals surface area contributed by atoms with Gasteiger partial charge in [-0.15, -0.1) is 0 Å². The number of ether oxygens (including phenoxy) is 1. The molecule has 0 amide bonds. The van der Waals surface area contributed by atoms with E-state index in [1.165, 1.54) is 56.9 Å². The highest BCUT2D eigenvalue weighted by molar-refractivity contribution is 5.36. The summed E-state index contributed by atoms with van der Waals surface area (Å²) in [6.07, 6.45) is 13.6. The molecule has 1 aliphatic carbocycles. The van der Waals surface area contributed by atoms with Crippen LogP contribution in [0.5, 0.6) is 0 Å². The van der Waals surface area contributed by atoms with Gasteiger partial charge >= 0.3 is 0 Å². The molecule has 1 heterocycles.